The Morgan fingerprint density at radius 2 is 0.900 bits per heavy atom. The summed E-state index contributed by atoms with van der Waals surface area (Å²) < 4.78 is 0. The summed E-state index contributed by atoms with van der Waals surface area (Å²) in [6.45, 7) is 9.68. The molecule has 4 nitrogen and oxygen atoms in total. The summed E-state index contributed by atoms with van der Waals surface area (Å²) in [5, 5.41) is 41.1. The molecule has 0 aliphatic carbocycles. The zero-order valence-electron chi connectivity index (χ0n) is 13.6. The zero-order chi connectivity index (χ0) is 16.2. The molecule has 0 bridgehead atoms. The fraction of sp³-hybridized carbons (Fsp3) is 0.875. The maximum absolute atomic E-state index is 10.3. The highest BCUT2D eigenvalue weighted by Gasteiger charge is 2.43. The highest BCUT2D eigenvalue weighted by molar-refractivity contribution is 5.26. The lowest BCUT2D eigenvalue weighted by Gasteiger charge is -2.37. The second-order valence-corrected chi connectivity index (χ2v) is 6.44. The molecule has 0 amide bonds. The molecule has 4 heteroatoms. The van der Waals surface area contributed by atoms with Crippen molar-refractivity contribution in [3.8, 4) is 11.8 Å². The van der Waals surface area contributed by atoms with Gasteiger partial charge in [-0.05, 0) is 40.5 Å². The maximum Gasteiger partial charge on any atom is 0.150 e. The van der Waals surface area contributed by atoms with Gasteiger partial charge in [-0.3, -0.25) is 0 Å². The maximum atomic E-state index is 10.3. The SMILES string of the molecule is CCCC(C)(O)C(C)(O)C#CC(C)(O)C(C)(O)CCC. The first kappa shape index (κ1) is 19.4. The van der Waals surface area contributed by atoms with Gasteiger partial charge in [-0.2, -0.15) is 0 Å². The van der Waals surface area contributed by atoms with Gasteiger partial charge in [0.25, 0.3) is 0 Å². The van der Waals surface area contributed by atoms with Crippen LogP contribution in [-0.2, 0) is 0 Å². The Morgan fingerprint density at radius 1 is 0.650 bits per heavy atom. The van der Waals surface area contributed by atoms with Crippen LogP contribution in [0.4, 0.5) is 0 Å². The van der Waals surface area contributed by atoms with Crippen molar-refractivity contribution >= 4 is 0 Å². The molecule has 0 aromatic carbocycles. The molecular formula is C16H30O4. The van der Waals surface area contributed by atoms with E-state index in [4.69, 9.17) is 0 Å². The zero-order valence-corrected chi connectivity index (χ0v) is 13.6. The summed E-state index contributed by atoms with van der Waals surface area (Å²) in [7, 11) is 0. The number of aliphatic hydroxyl groups is 4. The van der Waals surface area contributed by atoms with E-state index in [0.29, 0.717) is 25.7 Å². The summed E-state index contributed by atoms with van der Waals surface area (Å²) in [6, 6.07) is 0. The topological polar surface area (TPSA) is 80.9 Å². The predicted octanol–water partition coefficient (Wildman–Crippen LogP) is 1.59. The van der Waals surface area contributed by atoms with Crippen LogP contribution in [0.25, 0.3) is 0 Å². The van der Waals surface area contributed by atoms with Crippen molar-refractivity contribution in [1.29, 1.82) is 0 Å². The van der Waals surface area contributed by atoms with Crippen LogP contribution in [0.15, 0.2) is 0 Å². The van der Waals surface area contributed by atoms with Crippen LogP contribution in [-0.4, -0.2) is 42.8 Å². The summed E-state index contributed by atoms with van der Waals surface area (Å²) in [5.74, 6) is 5.07. The lowest BCUT2D eigenvalue weighted by atomic mass is 9.79. The van der Waals surface area contributed by atoms with Crippen molar-refractivity contribution in [2.24, 2.45) is 0 Å². The first-order chi connectivity index (χ1) is 8.83. The van der Waals surface area contributed by atoms with Gasteiger partial charge >= 0.3 is 0 Å². The molecule has 0 radical (unpaired) electrons. The van der Waals surface area contributed by atoms with Crippen molar-refractivity contribution < 1.29 is 20.4 Å². The van der Waals surface area contributed by atoms with Crippen LogP contribution in [0, 0.1) is 11.8 Å². The van der Waals surface area contributed by atoms with Crippen molar-refractivity contribution in [2.75, 3.05) is 0 Å². The molecule has 0 aromatic rings. The van der Waals surface area contributed by atoms with E-state index in [1.165, 1.54) is 27.7 Å². The largest absolute Gasteiger partial charge is 0.386 e. The Morgan fingerprint density at radius 3 is 1.10 bits per heavy atom. The summed E-state index contributed by atoms with van der Waals surface area (Å²) in [4.78, 5) is 0. The average Bonchev–Trinajstić information content (AvgIpc) is 2.26. The van der Waals surface area contributed by atoms with Gasteiger partial charge < -0.3 is 20.4 Å². The highest BCUT2D eigenvalue weighted by atomic mass is 16.4. The molecule has 4 atom stereocenters. The molecular weight excluding hydrogens is 256 g/mol. The van der Waals surface area contributed by atoms with E-state index in [1.54, 1.807) is 0 Å². The monoisotopic (exact) mass is 286 g/mol. The third-order valence-electron chi connectivity index (χ3n) is 4.12. The summed E-state index contributed by atoms with van der Waals surface area (Å²) in [6.07, 6.45) is 2.19. The van der Waals surface area contributed by atoms with Gasteiger partial charge in [0.05, 0.1) is 0 Å². The van der Waals surface area contributed by atoms with Crippen molar-refractivity contribution in [2.45, 2.75) is 89.6 Å². The number of rotatable bonds is 6. The van der Waals surface area contributed by atoms with Gasteiger partial charge in [0, 0.05) is 0 Å². The Labute approximate surface area is 122 Å². The van der Waals surface area contributed by atoms with Crippen molar-refractivity contribution in [1.82, 2.24) is 0 Å². The molecule has 0 rings (SSSR count). The van der Waals surface area contributed by atoms with E-state index in [9.17, 15) is 20.4 Å². The molecule has 0 saturated carbocycles. The molecule has 20 heavy (non-hydrogen) atoms. The third kappa shape index (κ3) is 4.46. The molecule has 4 N–H and O–H groups in total. The third-order valence-corrected chi connectivity index (χ3v) is 4.12. The molecule has 0 aliphatic rings. The highest BCUT2D eigenvalue weighted by Crippen LogP contribution is 2.29. The Kier molecular flexibility index (Phi) is 6.25. The Hall–Kier alpha value is -0.600. The second kappa shape index (κ2) is 6.44. The molecule has 0 spiro atoms. The average molecular weight is 286 g/mol. The van der Waals surface area contributed by atoms with Crippen molar-refractivity contribution in [3.63, 3.8) is 0 Å². The van der Waals surface area contributed by atoms with Gasteiger partial charge in [0.15, 0.2) is 11.2 Å². The number of hydrogen-bond donors (Lipinski definition) is 4. The van der Waals surface area contributed by atoms with Crippen LogP contribution in [0.2, 0.25) is 0 Å². The fourth-order valence-corrected chi connectivity index (χ4v) is 1.97. The van der Waals surface area contributed by atoms with E-state index in [-0.39, 0.29) is 0 Å². The Bertz CT molecular complexity index is 336. The molecule has 0 heterocycles. The van der Waals surface area contributed by atoms with Gasteiger partial charge in [-0.1, -0.05) is 38.5 Å². The minimum Gasteiger partial charge on any atom is -0.386 e. The van der Waals surface area contributed by atoms with Gasteiger partial charge in [0.1, 0.15) is 11.2 Å². The Balaban J connectivity index is 5.31. The minimum absolute atomic E-state index is 0.391. The molecule has 0 aromatic heterocycles. The molecule has 4 unspecified atom stereocenters. The fourth-order valence-electron chi connectivity index (χ4n) is 1.97. The van der Waals surface area contributed by atoms with Crippen LogP contribution in [0.5, 0.6) is 0 Å². The van der Waals surface area contributed by atoms with Crippen LogP contribution < -0.4 is 0 Å². The normalized spacial score (nSPS) is 23.5. The smallest absolute Gasteiger partial charge is 0.150 e. The predicted molar refractivity (Wildman–Crippen MR) is 80.1 cm³/mol. The molecule has 0 fully saturated rings. The summed E-state index contributed by atoms with van der Waals surface area (Å²) in [5.41, 5.74) is -6.06. The summed E-state index contributed by atoms with van der Waals surface area (Å²) >= 11 is 0. The molecule has 118 valence electrons. The van der Waals surface area contributed by atoms with E-state index in [1.807, 2.05) is 13.8 Å². The standard InChI is InChI=1S/C16H30O4/c1-7-9-13(3,17)15(5,19)11-12-16(6,20)14(4,18)10-8-2/h17-20H,7-10H2,1-6H3. The van der Waals surface area contributed by atoms with Crippen molar-refractivity contribution in [3.05, 3.63) is 0 Å². The first-order valence-electron chi connectivity index (χ1n) is 7.27. The van der Waals surface area contributed by atoms with Gasteiger partial charge in [-0.25, -0.2) is 0 Å². The first-order valence-corrected chi connectivity index (χ1v) is 7.27. The van der Waals surface area contributed by atoms with E-state index in [2.05, 4.69) is 11.8 Å². The second-order valence-electron chi connectivity index (χ2n) is 6.44. The van der Waals surface area contributed by atoms with Crippen LogP contribution >= 0.6 is 0 Å². The lowest BCUT2D eigenvalue weighted by Crippen LogP contribution is -2.51. The van der Waals surface area contributed by atoms with Gasteiger partial charge in [-0.15, -0.1) is 0 Å². The van der Waals surface area contributed by atoms with E-state index >= 15 is 0 Å². The minimum atomic E-state index is -1.66. The quantitative estimate of drug-likeness (QED) is 0.559. The van der Waals surface area contributed by atoms with E-state index < -0.39 is 22.4 Å². The van der Waals surface area contributed by atoms with Crippen LogP contribution in [0.3, 0.4) is 0 Å². The number of hydrogen-bond acceptors (Lipinski definition) is 4. The van der Waals surface area contributed by atoms with Gasteiger partial charge in [0.2, 0.25) is 0 Å². The molecule has 0 aliphatic heterocycles. The lowest BCUT2D eigenvalue weighted by molar-refractivity contribution is -0.106. The molecule has 0 saturated heterocycles. The van der Waals surface area contributed by atoms with E-state index in [0.717, 1.165) is 0 Å². The van der Waals surface area contributed by atoms with Crippen LogP contribution in [0.1, 0.15) is 67.2 Å².